The van der Waals surface area contributed by atoms with Gasteiger partial charge in [0.15, 0.2) is 11.5 Å². The minimum Gasteiger partial charge on any atom is -0.493 e. The zero-order valence-electron chi connectivity index (χ0n) is 13.4. The van der Waals surface area contributed by atoms with Crippen LogP contribution in [-0.4, -0.2) is 19.9 Å². The first-order chi connectivity index (χ1) is 12.1. The molecule has 2 rings (SSSR count). The van der Waals surface area contributed by atoms with Crippen LogP contribution in [0.2, 0.25) is 10.0 Å². The van der Waals surface area contributed by atoms with Gasteiger partial charge in [0.05, 0.1) is 23.4 Å². The highest BCUT2D eigenvalue weighted by atomic mass is 127. The van der Waals surface area contributed by atoms with Gasteiger partial charge in [0.2, 0.25) is 0 Å². The Morgan fingerprint density at radius 2 is 2.04 bits per heavy atom. The van der Waals surface area contributed by atoms with Gasteiger partial charge < -0.3 is 14.9 Å². The highest BCUT2D eigenvalue weighted by Gasteiger charge is 2.10. The summed E-state index contributed by atoms with van der Waals surface area (Å²) in [5.74, 6) is 3.65. The third-order valence-corrected chi connectivity index (χ3v) is 4.68. The molecule has 0 bridgehead atoms. The number of rotatable bonds is 7. The third kappa shape index (κ3) is 5.43. The van der Waals surface area contributed by atoms with Crippen LogP contribution in [0.5, 0.6) is 11.5 Å². The van der Waals surface area contributed by atoms with Crippen molar-refractivity contribution in [3.05, 3.63) is 55.1 Å². The van der Waals surface area contributed by atoms with E-state index in [0.29, 0.717) is 28.1 Å². The number of methoxy groups -OCH3 is 1. The molecular weight excluding hydrogens is 474 g/mol. The Hall–Kier alpha value is -1.62. The van der Waals surface area contributed by atoms with E-state index in [1.165, 1.54) is 0 Å². The smallest absolute Gasteiger partial charge is 0.175 e. The molecule has 130 valence electrons. The lowest BCUT2D eigenvalue weighted by molar-refractivity contribution is 0.328. The largest absolute Gasteiger partial charge is 0.493 e. The van der Waals surface area contributed by atoms with Gasteiger partial charge in [-0.25, -0.2) is 0 Å². The predicted octanol–water partition coefficient (Wildman–Crippen LogP) is 4.74. The van der Waals surface area contributed by atoms with Crippen molar-refractivity contribution in [3.63, 3.8) is 0 Å². The van der Waals surface area contributed by atoms with Crippen molar-refractivity contribution >= 4 is 52.0 Å². The SMILES string of the molecule is C#CCOc1c(I)cc(/C=N/NCc2c(Cl)cccc2Cl)cc1OC. The van der Waals surface area contributed by atoms with Crippen molar-refractivity contribution in [2.24, 2.45) is 5.10 Å². The van der Waals surface area contributed by atoms with Gasteiger partial charge in [0.25, 0.3) is 0 Å². The molecule has 7 heteroatoms. The molecule has 0 radical (unpaired) electrons. The molecule has 0 saturated heterocycles. The van der Waals surface area contributed by atoms with Gasteiger partial charge in [-0.1, -0.05) is 35.2 Å². The predicted molar refractivity (Wildman–Crippen MR) is 111 cm³/mol. The second kappa shape index (κ2) is 9.76. The van der Waals surface area contributed by atoms with Crippen LogP contribution in [-0.2, 0) is 6.54 Å². The number of hydrazone groups is 1. The summed E-state index contributed by atoms with van der Waals surface area (Å²) >= 11 is 14.4. The Bertz CT molecular complexity index is 799. The molecule has 1 N–H and O–H groups in total. The number of terminal acetylenes is 1. The van der Waals surface area contributed by atoms with E-state index >= 15 is 0 Å². The van der Waals surface area contributed by atoms with Gasteiger partial charge in [0.1, 0.15) is 6.61 Å². The fraction of sp³-hybridized carbons (Fsp3) is 0.167. The van der Waals surface area contributed by atoms with Crippen LogP contribution in [0, 0.1) is 15.9 Å². The van der Waals surface area contributed by atoms with Gasteiger partial charge in [-0.2, -0.15) is 5.10 Å². The van der Waals surface area contributed by atoms with Crippen LogP contribution in [0.1, 0.15) is 11.1 Å². The molecule has 2 aromatic carbocycles. The summed E-state index contributed by atoms with van der Waals surface area (Å²) in [5.41, 5.74) is 4.59. The molecule has 0 aliphatic heterocycles. The van der Waals surface area contributed by atoms with E-state index in [9.17, 15) is 0 Å². The van der Waals surface area contributed by atoms with E-state index in [0.717, 1.165) is 14.7 Å². The van der Waals surface area contributed by atoms with Gasteiger partial charge in [-0.3, -0.25) is 0 Å². The van der Waals surface area contributed by atoms with Gasteiger partial charge in [-0.05, 0) is 52.4 Å². The Morgan fingerprint density at radius 1 is 1.32 bits per heavy atom. The Kier molecular flexibility index (Phi) is 7.69. The number of nitrogens with zero attached hydrogens (tertiary/aromatic N) is 1. The van der Waals surface area contributed by atoms with Crippen LogP contribution >= 0.6 is 45.8 Å². The van der Waals surface area contributed by atoms with Crippen molar-refractivity contribution in [2.45, 2.75) is 6.54 Å². The molecule has 0 amide bonds. The first-order valence-corrected chi connectivity index (χ1v) is 9.03. The molecule has 25 heavy (non-hydrogen) atoms. The third-order valence-electron chi connectivity index (χ3n) is 3.17. The van der Waals surface area contributed by atoms with Crippen LogP contribution in [0.25, 0.3) is 0 Å². The summed E-state index contributed by atoms with van der Waals surface area (Å²) in [6, 6.07) is 9.12. The van der Waals surface area contributed by atoms with E-state index in [1.54, 1.807) is 31.5 Å². The Balaban J connectivity index is 2.08. The molecule has 0 saturated carbocycles. The molecule has 0 heterocycles. The Labute approximate surface area is 170 Å². The van der Waals surface area contributed by atoms with E-state index in [-0.39, 0.29) is 6.61 Å². The van der Waals surface area contributed by atoms with Crippen molar-refractivity contribution < 1.29 is 9.47 Å². The molecule has 2 aromatic rings. The minimum atomic E-state index is 0.181. The number of hydrogen-bond donors (Lipinski definition) is 1. The number of benzene rings is 2. The highest BCUT2D eigenvalue weighted by molar-refractivity contribution is 14.1. The van der Waals surface area contributed by atoms with Crippen LogP contribution in [0.4, 0.5) is 0 Å². The number of ether oxygens (including phenoxy) is 2. The number of halogens is 3. The molecule has 4 nitrogen and oxygen atoms in total. The fourth-order valence-electron chi connectivity index (χ4n) is 2.01. The topological polar surface area (TPSA) is 42.8 Å². The summed E-state index contributed by atoms with van der Waals surface area (Å²) in [6.45, 7) is 0.604. The zero-order chi connectivity index (χ0) is 18.2. The summed E-state index contributed by atoms with van der Waals surface area (Å²) in [5, 5.41) is 5.40. The van der Waals surface area contributed by atoms with Crippen molar-refractivity contribution in [1.29, 1.82) is 0 Å². The van der Waals surface area contributed by atoms with Gasteiger partial charge in [-0.15, -0.1) is 6.42 Å². The summed E-state index contributed by atoms with van der Waals surface area (Å²) in [7, 11) is 1.58. The quantitative estimate of drug-likeness (QED) is 0.265. The lowest BCUT2D eigenvalue weighted by Gasteiger charge is -2.11. The highest BCUT2D eigenvalue weighted by Crippen LogP contribution is 2.33. The van der Waals surface area contributed by atoms with Crippen LogP contribution < -0.4 is 14.9 Å². The van der Waals surface area contributed by atoms with E-state index in [1.807, 2.05) is 12.1 Å². The maximum absolute atomic E-state index is 6.12. The fourth-order valence-corrected chi connectivity index (χ4v) is 3.33. The molecular formula is C18H15Cl2IN2O2. The molecule has 0 fully saturated rings. The molecule has 0 atom stereocenters. The normalized spacial score (nSPS) is 10.5. The summed E-state index contributed by atoms with van der Waals surface area (Å²) in [4.78, 5) is 0. The lowest BCUT2D eigenvalue weighted by atomic mass is 10.2. The standard InChI is InChI=1S/C18H15Cl2IN2O2/c1-3-7-25-18-16(21)8-12(9-17(18)24-2)10-22-23-11-13-14(19)5-4-6-15(13)20/h1,4-6,8-10,23H,7,11H2,2H3/b22-10+. The summed E-state index contributed by atoms with van der Waals surface area (Å²) < 4.78 is 11.7. The van der Waals surface area contributed by atoms with E-state index in [4.69, 9.17) is 39.1 Å². The maximum atomic E-state index is 6.12. The second-order valence-electron chi connectivity index (χ2n) is 4.82. The Morgan fingerprint density at radius 3 is 2.68 bits per heavy atom. The van der Waals surface area contributed by atoms with Crippen molar-refractivity contribution in [1.82, 2.24) is 5.43 Å². The molecule has 0 aliphatic carbocycles. The molecule has 0 spiro atoms. The van der Waals surface area contributed by atoms with Crippen molar-refractivity contribution in [2.75, 3.05) is 13.7 Å². The maximum Gasteiger partial charge on any atom is 0.175 e. The lowest BCUT2D eigenvalue weighted by Crippen LogP contribution is -2.07. The second-order valence-corrected chi connectivity index (χ2v) is 6.80. The van der Waals surface area contributed by atoms with E-state index < -0.39 is 0 Å². The molecule has 0 aromatic heterocycles. The first-order valence-electron chi connectivity index (χ1n) is 7.19. The monoisotopic (exact) mass is 488 g/mol. The molecule has 0 unspecified atom stereocenters. The molecule has 0 aliphatic rings. The average Bonchev–Trinajstić information content (AvgIpc) is 2.59. The number of nitrogens with one attached hydrogen (secondary N) is 1. The van der Waals surface area contributed by atoms with Gasteiger partial charge in [0, 0.05) is 15.6 Å². The first kappa shape index (κ1) is 19.7. The minimum absolute atomic E-state index is 0.181. The van der Waals surface area contributed by atoms with Crippen molar-refractivity contribution in [3.8, 4) is 23.8 Å². The van der Waals surface area contributed by atoms with E-state index in [2.05, 4.69) is 39.0 Å². The summed E-state index contributed by atoms with van der Waals surface area (Å²) in [6.07, 6.45) is 6.91. The van der Waals surface area contributed by atoms with Crippen LogP contribution in [0.3, 0.4) is 0 Å². The van der Waals surface area contributed by atoms with Crippen LogP contribution in [0.15, 0.2) is 35.4 Å². The van der Waals surface area contributed by atoms with Gasteiger partial charge >= 0.3 is 0 Å². The zero-order valence-corrected chi connectivity index (χ0v) is 17.0. The average molecular weight is 489 g/mol. The number of hydrogen-bond acceptors (Lipinski definition) is 4.